The van der Waals surface area contributed by atoms with E-state index >= 15 is 0 Å². The summed E-state index contributed by atoms with van der Waals surface area (Å²) in [6.07, 6.45) is 1.53. The van der Waals surface area contributed by atoms with E-state index in [0.717, 1.165) is 5.56 Å². The number of nitrogens with one attached hydrogen (secondary N) is 1. The van der Waals surface area contributed by atoms with Crippen LogP contribution in [0.5, 0.6) is 0 Å². The number of benzene rings is 1. The lowest BCUT2D eigenvalue weighted by atomic mass is 10.0. The molecule has 1 heterocycles. The molecule has 0 saturated carbocycles. The minimum atomic E-state index is -0.217. The normalized spacial score (nSPS) is 10.6. The van der Waals surface area contributed by atoms with Crippen LogP contribution in [0.4, 0.5) is 5.69 Å². The lowest BCUT2D eigenvalue weighted by Crippen LogP contribution is -2.23. The van der Waals surface area contributed by atoms with Gasteiger partial charge >= 0.3 is 0 Å². The van der Waals surface area contributed by atoms with Crippen LogP contribution in [0.25, 0.3) is 0 Å². The van der Waals surface area contributed by atoms with Gasteiger partial charge in [-0.05, 0) is 29.2 Å². The maximum atomic E-state index is 11.9. The molecular weight excluding hydrogens is 250 g/mol. The highest BCUT2D eigenvalue weighted by molar-refractivity contribution is 5.92. The summed E-state index contributed by atoms with van der Waals surface area (Å²) in [5, 5.41) is 2.83. The number of hydrogen-bond donors (Lipinski definition) is 2. The number of amides is 1. The third-order valence-electron chi connectivity index (χ3n) is 3.12. The minimum Gasteiger partial charge on any atom is -0.399 e. The predicted octanol–water partition coefficient (Wildman–Crippen LogP) is 2.72. The molecule has 0 aliphatic carbocycles. The SMILES string of the molecule is CC(C)c1ccc(CNC(=O)c2cc(N)ccn2)cc1. The summed E-state index contributed by atoms with van der Waals surface area (Å²) in [4.78, 5) is 15.9. The molecule has 4 nitrogen and oxygen atoms in total. The standard InChI is InChI=1S/C16H19N3O/c1-11(2)13-5-3-12(4-6-13)10-19-16(20)15-9-14(17)7-8-18-15/h3-9,11H,10H2,1-2H3,(H2,17,18)(H,19,20). The number of carbonyl (C=O) groups is 1. The lowest BCUT2D eigenvalue weighted by molar-refractivity contribution is 0.0946. The van der Waals surface area contributed by atoms with Crippen LogP contribution < -0.4 is 11.1 Å². The Bertz CT molecular complexity index is 591. The van der Waals surface area contributed by atoms with Crippen LogP contribution in [-0.4, -0.2) is 10.9 Å². The fourth-order valence-electron chi connectivity index (χ4n) is 1.86. The van der Waals surface area contributed by atoms with Crippen LogP contribution in [0.15, 0.2) is 42.6 Å². The molecule has 20 heavy (non-hydrogen) atoms. The molecule has 104 valence electrons. The Morgan fingerprint density at radius 2 is 1.95 bits per heavy atom. The van der Waals surface area contributed by atoms with Gasteiger partial charge in [-0.2, -0.15) is 0 Å². The van der Waals surface area contributed by atoms with Gasteiger partial charge in [0.05, 0.1) is 0 Å². The molecule has 4 heteroatoms. The molecule has 1 amide bonds. The van der Waals surface area contributed by atoms with Crippen molar-refractivity contribution < 1.29 is 4.79 Å². The van der Waals surface area contributed by atoms with Crippen LogP contribution >= 0.6 is 0 Å². The van der Waals surface area contributed by atoms with E-state index in [1.54, 1.807) is 12.1 Å². The van der Waals surface area contributed by atoms with Crippen LogP contribution in [0, 0.1) is 0 Å². The quantitative estimate of drug-likeness (QED) is 0.896. The molecule has 0 unspecified atom stereocenters. The van der Waals surface area contributed by atoms with Crippen molar-refractivity contribution in [1.82, 2.24) is 10.3 Å². The number of nitrogens with two attached hydrogens (primary N) is 1. The number of aromatic nitrogens is 1. The third kappa shape index (κ3) is 3.57. The molecule has 0 aliphatic rings. The second-order valence-electron chi connectivity index (χ2n) is 5.05. The summed E-state index contributed by atoms with van der Waals surface area (Å²) < 4.78 is 0. The number of nitrogens with zero attached hydrogens (tertiary/aromatic N) is 1. The van der Waals surface area contributed by atoms with Gasteiger partial charge in [0.2, 0.25) is 0 Å². The number of pyridine rings is 1. The van der Waals surface area contributed by atoms with E-state index in [2.05, 4.69) is 36.3 Å². The number of hydrogen-bond acceptors (Lipinski definition) is 3. The Balaban J connectivity index is 1.96. The molecule has 0 radical (unpaired) electrons. The second-order valence-corrected chi connectivity index (χ2v) is 5.05. The van der Waals surface area contributed by atoms with E-state index in [1.165, 1.54) is 11.8 Å². The van der Waals surface area contributed by atoms with Gasteiger partial charge in [-0.15, -0.1) is 0 Å². The molecule has 2 rings (SSSR count). The van der Waals surface area contributed by atoms with Crippen molar-refractivity contribution >= 4 is 11.6 Å². The van der Waals surface area contributed by atoms with Crippen molar-refractivity contribution in [2.24, 2.45) is 0 Å². The first kappa shape index (κ1) is 14.1. The van der Waals surface area contributed by atoms with Gasteiger partial charge in [0.25, 0.3) is 5.91 Å². The highest BCUT2D eigenvalue weighted by atomic mass is 16.1. The Morgan fingerprint density at radius 3 is 2.55 bits per heavy atom. The van der Waals surface area contributed by atoms with Gasteiger partial charge in [-0.3, -0.25) is 9.78 Å². The van der Waals surface area contributed by atoms with Crippen LogP contribution in [0.1, 0.15) is 41.4 Å². The monoisotopic (exact) mass is 269 g/mol. The Hall–Kier alpha value is -2.36. The smallest absolute Gasteiger partial charge is 0.270 e. The van der Waals surface area contributed by atoms with Crippen molar-refractivity contribution in [2.45, 2.75) is 26.3 Å². The van der Waals surface area contributed by atoms with E-state index in [1.807, 2.05) is 12.1 Å². The average Bonchev–Trinajstić information content (AvgIpc) is 2.45. The summed E-state index contributed by atoms with van der Waals surface area (Å²) in [5.41, 5.74) is 8.85. The average molecular weight is 269 g/mol. The maximum absolute atomic E-state index is 11.9. The highest BCUT2D eigenvalue weighted by Gasteiger charge is 2.07. The summed E-state index contributed by atoms with van der Waals surface area (Å²) in [5.74, 6) is 0.292. The Kier molecular flexibility index (Phi) is 4.35. The number of anilines is 1. The van der Waals surface area contributed by atoms with E-state index in [-0.39, 0.29) is 5.91 Å². The van der Waals surface area contributed by atoms with E-state index < -0.39 is 0 Å². The zero-order valence-corrected chi connectivity index (χ0v) is 11.8. The largest absolute Gasteiger partial charge is 0.399 e. The van der Waals surface area contributed by atoms with E-state index in [0.29, 0.717) is 23.8 Å². The van der Waals surface area contributed by atoms with Gasteiger partial charge in [0, 0.05) is 18.4 Å². The van der Waals surface area contributed by atoms with Gasteiger partial charge < -0.3 is 11.1 Å². The van der Waals surface area contributed by atoms with E-state index in [9.17, 15) is 4.79 Å². The van der Waals surface area contributed by atoms with Gasteiger partial charge in [0.1, 0.15) is 5.69 Å². The summed E-state index contributed by atoms with van der Waals surface area (Å²) in [6.45, 7) is 4.79. The maximum Gasteiger partial charge on any atom is 0.270 e. The van der Waals surface area contributed by atoms with Crippen molar-refractivity contribution in [2.75, 3.05) is 5.73 Å². The van der Waals surface area contributed by atoms with Gasteiger partial charge in [-0.25, -0.2) is 0 Å². The molecule has 0 bridgehead atoms. The molecule has 0 spiro atoms. The molecule has 0 saturated heterocycles. The zero-order valence-electron chi connectivity index (χ0n) is 11.8. The fraction of sp³-hybridized carbons (Fsp3) is 0.250. The molecule has 0 atom stereocenters. The highest BCUT2D eigenvalue weighted by Crippen LogP contribution is 2.14. The number of rotatable bonds is 4. The number of nitrogen functional groups attached to an aromatic ring is 1. The zero-order chi connectivity index (χ0) is 14.5. The molecule has 0 aliphatic heterocycles. The first-order valence-electron chi connectivity index (χ1n) is 6.65. The van der Waals surface area contributed by atoms with Crippen LogP contribution in [-0.2, 0) is 6.54 Å². The number of carbonyl (C=O) groups excluding carboxylic acids is 1. The summed E-state index contributed by atoms with van der Waals surface area (Å²) in [6, 6.07) is 11.5. The minimum absolute atomic E-state index is 0.217. The second kappa shape index (κ2) is 6.19. The predicted molar refractivity (Wildman–Crippen MR) is 80.4 cm³/mol. The lowest BCUT2D eigenvalue weighted by Gasteiger charge is -2.08. The van der Waals surface area contributed by atoms with Crippen molar-refractivity contribution in [3.05, 3.63) is 59.4 Å². The van der Waals surface area contributed by atoms with Crippen molar-refractivity contribution in [1.29, 1.82) is 0 Å². The molecule has 0 fully saturated rings. The Labute approximate surface area is 119 Å². The van der Waals surface area contributed by atoms with Crippen molar-refractivity contribution in [3.63, 3.8) is 0 Å². The van der Waals surface area contributed by atoms with Gasteiger partial charge in [0.15, 0.2) is 0 Å². The van der Waals surface area contributed by atoms with Gasteiger partial charge in [-0.1, -0.05) is 38.1 Å². The fourth-order valence-corrected chi connectivity index (χ4v) is 1.86. The molecule has 1 aromatic heterocycles. The molecular formula is C16H19N3O. The molecule has 3 N–H and O–H groups in total. The first-order chi connectivity index (χ1) is 9.56. The molecule has 2 aromatic rings. The first-order valence-corrected chi connectivity index (χ1v) is 6.65. The summed E-state index contributed by atoms with van der Waals surface area (Å²) in [7, 11) is 0. The van der Waals surface area contributed by atoms with Crippen LogP contribution in [0.3, 0.4) is 0 Å². The van der Waals surface area contributed by atoms with E-state index in [4.69, 9.17) is 5.73 Å². The van der Waals surface area contributed by atoms with Crippen molar-refractivity contribution in [3.8, 4) is 0 Å². The third-order valence-corrected chi connectivity index (χ3v) is 3.12. The Morgan fingerprint density at radius 1 is 1.25 bits per heavy atom. The summed E-state index contributed by atoms with van der Waals surface area (Å²) >= 11 is 0. The molecule has 1 aromatic carbocycles. The topological polar surface area (TPSA) is 68.0 Å². The van der Waals surface area contributed by atoms with Crippen LogP contribution in [0.2, 0.25) is 0 Å².